The number of benzene rings is 1. The van der Waals surface area contributed by atoms with Gasteiger partial charge in [-0.15, -0.1) is 0 Å². The monoisotopic (exact) mass is 280 g/mol. The van der Waals surface area contributed by atoms with E-state index in [9.17, 15) is 9.59 Å². The van der Waals surface area contributed by atoms with Gasteiger partial charge in [-0.3, -0.25) is 9.59 Å². The highest BCUT2D eigenvalue weighted by Gasteiger charge is 3.08. The van der Waals surface area contributed by atoms with Crippen molar-refractivity contribution in [3.8, 4) is 0 Å². The van der Waals surface area contributed by atoms with Crippen LogP contribution in [-0.2, 0) is 9.53 Å². The van der Waals surface area contributed by atoms with E-state index >= 15 is 0 Å². The Morgan fingerprint density at radius 2 is 1.67 bits per heavy atom. The minimum Gasteiger partial charge on any atom is -0.458 e. The number of rotatable bonds is 3. The van der Waals surface area contributed by atoms with E-state index in [1.165, 1.54) is 13.3 Å². The molecule has 6 fully saturated rings. The summed E-state index contributed by atoms with van der Waals surface area (Å²) in [7, 11) is 0. The van der Waals surface area contributed by atoms with E-state index in [1.54, 1.807) is 0 Å². The summed E-state index contributed by atoms with van der Waals surface area (Å²) in [6.07, 6.45) is 1.28. The second-order valence-corrected chi connectivity index (χ2v) is 7.62. The average Bonchev–Trinajstić information content (AvgIpc) is 3.20. The lowest BCUT2D eigenvalue weighted by Crippen LogP contribution is -2.37. The number of esters is 1. The van der Waals surface area contributed by atoms with Crippen LogP contribution in [-0.4, -0.2) is 17.4 Å². The summed E-state index contributed by atoms with van der Waals surface area (Å²) in [5, 5.41) is 0. The number of carbonyl (C=O) groups is 2. The third-order valence-electron chi connectivity index (χ3n) is 7.36. The summed E-state index contributed by atoms with van der Waals surface area (Å²) in [5.74, 6) is 3.33. The van der Waals surface area contributed by atoms with Crippen molar-refractivity contribution in [1.29, 1.82) is 0 Å². The predicted octanol–water partition coefficient (Wildman–Crippen LogP) is 2.31. The molecule has 6 aliphatic rings. The van der Waals surface area contributed by atoms with Gasteiger partial charge in [0.2, 0.25) is 0 Å². The Labute approximate surface area is 122 Å². The molecule has 0 amide bonds. The third-order valence-corrected chi connectivity index (χ3v) is 7.36. The molecule has 0 heterocycles. The number of Topliss-reactive ketones (excluding diaryl/α,β-unsaturated/α-hetero) is 1. The molecule has 0 N–H and O–H groups in total. The molecule has 0 aromatic heterocycles. The van der Waals surface area contributed by atoms with Crippen LogP contribution in [0.5, 0.6) is 0 Å². The highest BCUT2D eigenvalue weighted by Crippen LogP contribution is 3.02. The fourth-order valence-corrected chi connectivity index (χ4v) is 7.42. The summed E-state index contributed by atoms with van der Waals surface area (Å²) >= 11 is 0. The maximum Gasteiger partial charge on any atom is 0.303 e. The normalized spacial score (nSPS) is 55.5. The van der Waals surface area contributed by atoms with Gasteiger partial charge in [-0.25, -0.2) is 0 Å². The molecule has 0 spiro atoms. The molecular weight excluding hydrogens is 264 g/mol. The van der Waals surface area contributed by atoms with Gasteiger partial charge in [0.15, 0.2) is 5.78 Å². The fraction of sp³-hybridized carbons (Fsp3) is 0.556. The molecule has 106 valence electrons. The average molecular weight is 280 g/mol. The van der Waals surface area contributed by atoms with Crippen LogP contribution in [0.2, 0.25) is 0 Å². The van der Waals surface area contributed by atoms with Crippen molar-refractivity contribution in [3.05, 3.63) is 35.9 Å². The van der Waals surface area contributed by atoms with E-state index in [1.807, 2.05) is 30.3 Å². The van der Waals surface area contributed by atoms with Crippen molar-refractivity contribution in [3.63, 3.8) is 0 Å². The Bertz CT molecular complexity index is 699. The van der Waals surface area contributed by atoms with E-state index in [2.05, 4.69) is 0 Å². The Morgan fingerprint density at radius 3 is 2.24 bits per heavy atom. The van der Waals surface area contributed by atoms with Crippen LogP contribution in [0.1, 0.15) is 23.7 Å². The van der Waals surface area contributed by atoms with Gasteiger partial charge in [0.1, 0.15) is 5.60 Å². The van der Waals surface area contributed by atoms with Crippen molar-refractivity contribution in [2.75, 3.05) is 0 Å². The van der Waals surface area contributed by atoms with Gasteiger partial charge in [-0.1, -0.05) is 30.3 Å². The first-order valence-electron chi connectivity index (χ1n) is 7.95. The molecule has 0 aliphatic heterocycles. The number of carbonyl (C=O) groups excluding carboxylic acids is 2. The SMILES string of the molecule is CC(=O)OC12C3C4CC(C31)C1C4C12C(=O)c1ccccc1. The molecule has 2 bridgehead atoms. The van der Waals surface area contributed by atoms with E-state index in [-0.39, 0.29) is 17.2 Å². The van der Waals surface area contributed by atoms with Crippen molar-refractivity contribution < 1.29 is 14.3 Å². The van der Waals surface area contributed by atoms with Crippen LogP contribution in [0.3, 0.4) is 0 Å². The van der Waals surface area contributed by atoms with E-state index in [0.717, 1.165) is 5.56 Å². The van der Waals surface area contributed by atoms with E-state index < -0.39 is 5.60 Å². The summed E-state index contributed by atoms with van der Waals surface area (Å²) in [5.41, 5.74) is 0.0431. The minimum atomic E-state index is -0.408. The van der Waals surface area contributed by atoms with E-state index in [4.69, 9.17) is 4.74 Å². The van der Waals surface area contributed by atoms with Crippen LogP contribution < -0.4 is 0 Å². The van der Waals surface area contributed by atoms with Crippen LogP contribution in [0.15, 0.2) is 30.3 Å². The topological polar surface area (TPSA) is 43.4 Å². The maximum absolute atomic E-state index is 13.2. The van der Waals surface area contributed by atoms with Crippen LogP contribution in [0.25, 0.3) is 0 Å². The molecule has 1 aromatic carbocycles. The molecule has 0 saturated heterocycles. The second-order valence-electron chi connectivity index (χ2n) is 7.62. The van der Waals surface area contributed by atoms with Crippen molar-refractivity contribution in [2.45, 2.75) is 18.9 Å². The lowest BCUT2D eigenvalue weighted by molar-refractivity contribution is -0.152. The highest BCUT2D eigenvalue weighted by molar-refractivity contribution is 6.06. The largest absolute Gasteiger partial charge is 0.458 e. The van der Waals surface area contributed by atoms with E-state index in [0.29, 0.717) is 35.5 Å². The standard InChI is InChI=1S/C18H16O3/c1-8(19)21-18-14-10-7-11(15(14)18)13-12(10)17(13,18)16(20)9-5-3-2-4-6-9/h2-6,10-15H,7H2,1H3. The Kier molecular flexibility index (Phi) is 1.47. The van der Waals surface area contributed by atoms with Crippen LogP contribution in [0, 0.1) is 40.9 Å². The molecule has 3 heteroatoms. The van der Waals surface area contributed by atoms with Gasteiger partial charge >= 0.3 is 5.97 Å². The minimum absolute atomic E-state index is 0.213. The smallest absolute Gasteiger partial charge is 0.303 e. The highest BCUT2D eigenvalue weighted by atomic mass is 16.6. The molecule has 6 unspecified atom stereocenters. The first-order valence-corrected chi connectivity index (χ1v) is 7.95. The summed E-state index contributed by atoms with van der Waals surface area (Å²) in [4.78, 5) is 24.9. The summed E-state index contributed by atoms with van der Waals surface area (Å²) < 4.78 is 5.87. The Hall–Kier alpha value is -1.64. The second kappa shape index (κ2) is 2.81. The fourth-order valence-electron chi connectivity index (χ4n) is 7.42. The van der Waals surface area contributed by atoms with Crippen molar-refractivity contribution in [1.82, 2.24) is 0 Å². The quantitative estimate of drug-likeness (QED) is 0.630. The van der Waals surface area contributed by atoms with Gasteiger partial charge in [-0.05, 0) is 30.1 Å². The Morgan fingerprint density at radius 1 is 1.05 bits per heavy atom. The van der Waals surface area contributed by atoms with Gasteiger partial charge in [0.05, 0.1) is 5.41 Å². The summed E-state index contributed by atoms with van der Waals surface area (Å²) in [6, 6.07) is 9.60. The van der Waals surface area contributed by atoms with Crippen LogP contribution in [0.4, 0.5) is 0 Å². The van der Waals surface area contributed by atoms with Crippen LogP contribution >= 0.6 is 0 Å². The first-order chi connectivity index (χ1) is 10.2. The van der Waals surface area contributed by atoms with Gasteiger partial charge in [0.25, 0.3) is 0 Å². The molecule has 7 rings (SSSR count). The molecule has 21 heavy (non-hydrogen) atoms. The molecular formula is C18H16O3. The van der Waals surface area contributed by atoms with Crippen molar-refractivity contribution >= 4 is 11.8 Å². The van der Waals surface area contributed by atoms with Gasteiger partial charge in [0, 0.05) is 24.3 Å². The zero-order valence-electron chi connectivity index (χ0n) is 11.8. The number of hydrogen-bond donors (Lipinski definition) is 0. The molecule has 3 nitrogen and oxygen atoms in total. The van der Waals surface area contributed by atoms with Crippen molar-refractivity contribution in [2.24, 2.45) is 40.9 Å². The number of ether oxygens (including phenoxy) is 1. The maximum atomic E-state index is 13.2. The third kappa shape index (κ3) is 0.800. The number of ketones is 1. The summed E-state index contributed by atoms with van der Waals surface area (Å²) in [6.45, 7) is 1.49. The van der Waals surface area contributed by atoms with Gasteiger partial charge < -0.3 is 4.74 Å². The zero-order valence-corrected chi connectivity index (χ0v) is 11.8. The predicted molar refractivity (Wildman–Crippen MR) is 73.3 cm³/mol. The first kappa shape index (κ1) is 11.0. The lowest BCUT2D eigenvalue weighted by Gasteiger charge is -2.24. The molecule has 6 aliphatic carbocycles. The van der Waals surface area contributed by atoms with Gasteiger partial charge in [-0.2, -0.15) is 0 Å². The zero-order chi connectivity index (χ0) is 14.1. The molecule has 6 saturated carbocycles. The molecule has 0 radical (unpaired) electrons. The number of hydrogen-bond acceptors (Lipinski definition) is 3. The molecule has 6 atom stereocenters. The Balaban J connectivity index is 1.51. The molecule has 1 aromatic rings. The lowest BCUT2D eigenvalue weighted by atomic mass is 9.86.